The Kier molecular flexibility index (Phi) is 3.46. The van der Waals surface area contributed by atoms with Gasteiger partial charge < -0.3 is 10.1 Å². The molecule has 4 heteroatoms. The first-order valence-electron chi connectivity index (χ1n) is 5.90. The number of carboxylic acid groups (broad SMARTS) is 1. The Morgan fingerprint density at radius 2 is 1.89 bits per heavy atom. The van der Waals surface area contributed by atoms with E-state index in [9.17, 15) is 4.79 Å². The van der Waals surface area contributed by atoms with Gasteiger partial charge in [-0.15, -0.1) is 0 Å². The van der Waals surface area contributed by atoms with E-state index in [-0.39, 0.29) is 5.69 Å². The molecule has 2 N–H and O–H groups in total. The lowest BCUT2D eigenvalue weighted by atomic mass is 10.1. The molecule has 0 bridgehead atoms. The number of aromatic carboxylic acids is 1. The molecule has 0 aliphatic carbocycles. The van der Waals surface area contributed by atoms with E-state index in [1.165, 1.54) is 11.1 Å². The van der Waals surface area contributed by atoms with Crippen LogP contribution in [0.25, 0.3) is 0 Å². The number of hydrogen-bond donors (Lipinski definition) is 2. The highest BCUT2D eigenvalue weighted by Gasteiger charge is 2.12. The van der Waals surface area contributed by atoms with Crippen LogP contribution in [0.1, 0.15) is 33.1 Å². The summed E-state index contributed by atoms with van der Waals surface area (Å²) >= 11 is 0. The molecule has 1 aromatic heterocycles. The third kappa shape index (κ3) is 2.77. The van der Waals surface area contributed by atoms with Gasteiger partial charge in [-0.3, -0.25) is 0 Å². The van der Waals surface area contributed by atoms with Crippen LogP contribution in [0.15, 0.2) is 24.3 Å². The van der Waals surface area contributed by atoms with Gasteiger partial charge in [0.1, 0.15) is 5.82 Å². The van der Waals surface area contributed by atoms with E-state index in [4.69, 9.17) is 5.11 Å². The third-order valence-electron chi connectivity index (χ3n) is 2.91. The lowest BCUT2D eigenvalue weighted by Gasteiger charge is -2.00. The van der Waals surface area contributed by atoms with E-state index >= 15 is 0 Å². The van der Waals surface area contributed by atoms with Crippen LogP contribution >= 0.6 is 0 Å². The maximum Gasteiger partial charge on any atom is 0.356 e. The van der Waals surface area contributed by atoms with Crippen molar-refractivity contribution in [2.24, 2.45) is 0 Å². The van der Waals surface area contributed by atoms with Crippen molar-refractivity contribution in [3.05, 3.63) is 52.6 Å². The van der Waals surface area contributed by atoms with Gasteiger partial charge in [-0.1, -0.05) is 29.8 Å². The van der Waals surface area contributed by atoms with Gasteiger partial charge in [0.25, 0.3) is 0 Å². The van der Waals surface area contributed by atoms with Gasteiger partial charge in [-0.25, -0.2) is 9.78 Å². The Morgan fingerprint density at radius 1 is 1.22 bits per heavy atom. The number of aryl methyl sites for hydroxylation is 4. The Balaban J connectivity index is 2.04. The molecule has 2 rings (SSSR count). The first kappa shape index (κ1) is 12.4. The second-order valence-electron chi connectivity index (χ2n) is 4.45. The molecule has 4 nitrogen and oxygen atoms in total. The average molecular weight is 244 g/mol. The maximum absolute atomic E-state index is 10.9. The van der Waals surface area contributed by atoms with E-state index in [1.807, 2.05) is 0 Å². The van der Waals surface area contributed by atoms with Crippen molar-refractivity contribution < 1.29 is 9.90 Å². The fourth-order valence-electron chi connectivity index (χ4n) is 1.87. The Bertz CT molecular complexity index is 556. The second-order valence-corrected chi connectivity index (χ2v) is 4.45. The van der Waals surface area contributed by atoms with Crippen LogP contribution in [0.2, 0.25) is 0 Å². The van der Waals surface area contributed by atoms with Gasteiger partial charge in [-0.2, -0.15) is 0 Å². The highest BCUT2D eigenvalue weighted by Crippen LogP contribution is 2.09. The molecule has 0 radical (unpaired) electrons. The number of aromatic amines is 1. The Labute approximate surface area is 106 Å². The topological polar surface area (TPSA) is 66.0 Å². The number of nitrogens with one attached hydrogen (secondary N) is 1. The summed E-state index contributed by atoms with van der Waals surface area (Å²) in [5.74, 6) is -0.254. The zero-order valence-electron chi connectivity index (χ0n) is 10.5. The monoisotopic (exact) mass is 244 g/mol. The molecule has 0 saturated heterocycles. The van der Waals surface area contributed by atoms with Gasteiger partial charge >= 0.3 is 5.97 Å². The van der Waals surface area contributed by atoms with Crippen molar-refractivity contribution in [3.8, 4) is 0 Å². The van der Waals surface area contributed by atoms with E-state index in [0.717, 1.165) is 18.7 Å². The minimum atomic E-state index is -0.981. The van der Waals surface area contributed by atoms with Crippen LogP contribution in [-0.4, -0.2) is 21.0 Å². The molecule has 1 aromatic carbocycles. The number of aromatic nitrogens is 2. The van der Waals surface area contributed by atoms with E-state index in [1.54, 1.807) is 6.92 Å². The average Bonchev–Trinajstić information content (AvgIpc) is 2.70. The molecule has 0 unspecified atom stereocenters. The van der Waals surface area contributed by atoms with Crippen LogP contribution in [0.4, 0.5) is 0 Å². The fraction of sp³-hybridized carbons (Fsp3) is 0.286. The van der Waals surface area contributed by atoms with Gasteiger partial charge in [0.05, 0.1) is 0 Å². The number of carbonyl (C=O) groups is 1. The summed E-state index contributed by atoms with van der Waals surface area (Å²) in [4.78, 5) is 18.0. The summed E-state index contributed by atoms with van der Waals surface area (Å²) in [6, 6.07) is 8.32. The highest BCUT2D eigenvalue weighted by atomic mass is 16.4. The summed E-state index contributed by atoms with van der Waals surface area (Å²) in [6.07, 6.45) is 1.57. The van der Waals surface area contributed by atoms with Crippen molar-refractivity contribution in [2.75, 3.05) is 0 Å². The molecule has 0 aliphatic rings. The van der Waals surface area contributed by atoms with Crippen molar-refractivity contribution in [1.82, 2.24) is 9.97 Å². The van der Waals surface area contributed by atoms with Crippen molar-refractivity contribution in [3.63, 3.8) is 0 Å². The number of rotatable bonds is 4. The van der Waals surface area contributed by atoms with Crippen molar-refractivity contribution in [2.45, 2.75) is 26.7 Å². The smallest absolute Gasteiger partial charge is 0.356 e. The maximum atomic E-state index is 10.9. The molecular formula is C14H16N2O2. The lowest BCUT2D eigenvalue weighted by Crippen LogP contribution is -1.99. The first-order valence-corrected chi connectivity index (χ1v) is 5.90. The van der Waals surface area contributed by atoms with E-state index in [0.29, 0.717) is 5.69 Å². The fourth-order valence-corrected chi connectivity index (χ4v) is 1.87. The van der Waals surface area contributed by atoms with Crippen LogP contribution in [0, 0.1) is 13.8 Å². The summed E-state index contributed by atoms with van der Waals surface area (Å²) in [5, 5.41) is 8.91. The summed E-state index contributed by atoms with van der Waals surface area (Å²) in [6.45, 7) is 3.78. The van der Waals surface area contributed by atoms with E-state index in [2.05, 4.69) is 41.2 Å². The molecule has 2 aromatic rings. The van der Waals surface area contributed by atoms with Crippen molar-refractivity contribution >= 4 is 5.97 Å². The van der Waals surface area contributed by atoms with Gasteiger partial charge in [0.15, 0.2) is 5.69 Å². The molecule has 18 heavy (non-hydrogen) atoms. The van der Waals surface area contributed by atoms with Crippen molar-refractivity contribution in [1.29, 1.82) is 0 Å². The predicted molar refractivity (Wildman–Crippen MR) is 68.9 cm³/mol. The molecular weight excluding hydrogens is 228 g/mol. The van der Waals surface area contributed by atoms with Crippen LogP contribution in [0.3, 0.4) is 0 Å². The standard InChI is InChI=1S/C14H16N2O2/c1-9-3-5-11(6-4-9)7-8-12-15-10(2)13(16-12)14(17)18/h3-6H,7-8H2,1-2H3,(H,15,16)(H,17,18). The molecule has 0 amide bonds. The second kappa shape index (κ2) is 5.04. The third-order valence-corrected chi connectivity index (χ3v) is 2.91. The van der Waals surface area contributed by atoms with Crippen LogP contribution < -0.4 is 0 Å². The SMILES string of the molecule is Cc1ccc(CCc2nc(C(=O)O)c(C)[nH]2)cc1. The number of H-pyrrole nitrogens is 1. The molecule has 0 atom stereocenters. The lowest BCUT2D eigenvalue weighted by molar-refractivity contribution is 0.0690. The minimum absolute atomic E-state index is 0.119. The van der Waals surface area contributed by atoms with E-state index < -0.39 is 5.97 Å². The van der Waals surface area contributed by atoms with Gasteiger partial charge in [0.2, 0.25) is 0 Å². The van der Waals surface area contributed by atoms with Gasteiger partial charge in [0, 0.05) is 12.1 Å². The number of benzene rings is 1. The van der Waals surface area contributed by atoms with Crippen LogP contribution in [0.5, 0.6) is 0 Å². The Morgan fingerprint density at radius 3 is 2.44 bits per heavy atom. The Hall–Kier alpha value is -2.10. The highest BCUT2D eigenvalue weighted by molar-refractivity contribution is 5.86. The zero-order valence-corrected chi connectivity index (χ0v) is 10.5. The number of nitrogens with zero attached hydrogens (tertiary/aromatic N) is 1. The predicted octanol–water partition coefficient (Wildman–Crippen LogP) is 2.51. The number of carboxylic acids is 1. The molecule has 0 aliphatic heterocycles. The number of hydrogen-bond acceptors (Lipinski definition) is 2. The largest absolute Gasteiger partial charge is 0.476 e. The normalized spacial score (nSPS) is 10.6. The molecule has 1 heterocycles. The molecule has 0 spiro atoms. The van der Waals surface area contributed by atoms with Crippen LogP contribution in [-0.2, 0) is 12.8 Å². The molecule has 0 saturated carbocycles. The zero-order chi connectivity index (χ0) is 13.1. The summed E-state index contributed by atoms with van der Waals surface area (Å²) in [5.41, 5.74) is 3.20. The summed E-state index contributed by atoms with van der Waals surface area (Å²) in [7, 11) is 0. The number of imidazole rings is 1. The summed E-state index contributed by atoms with van der Waals surface area (Å²) < 4.78 is 0. The molecule has 0 fully saturated rings. The first-order chi connectivity index (χ1) is 8.56. The van der Waals surface area contributed by atoms with Gasteiger partial charge in [-0.05, 0) is 25.8 Å². The minimum Gasteiger partial charge on any atom is -0.476 e. The quantitative estimate of drug-likeness (QED) is 0.868. The molecule has 94 valence electrons.